The molecule has 3 aromatic carbocycles. The van der Waals surface area contributed by atoms with Gasteiger partial charge in [0.1, 0.15) is 11.4 Å². The Hall–Kier alpha value is -4.43. The number of hydrogen-bond acceptors (Lipinski definition) is 5. The van der Waals surface area contributed by atoms with Gasteiger partial charge in [0, 0.05) is 12.4 Å². The maximum Gasteiger partial charge on any atom is 0.296 e. The van der Waals surface area contributed by atoms with Crippen LogP contribution in [-0.4, -0.2) is 25.3 Å². The fraction of sp³-hybridized carbons (Fsp3) is 0.0741. The van der Waals surface area contributed by atoms with Crippen molar-refractivity contribution in [2.75, 3.05) is 0 Å². The largest absolute Gasteiger partial charge is 0.508 e. The number of benzene rings is 3. The third-order valence-electron chi connectivity index (χ3n) is 5.77. The molecule has 0 aliphatic rings. The van der Waals surface area contributed by atoms with Crippen molar-refractivity contribution in [3.05, 3.63) is 117 Å². The van der Waals surface area contributed by atoms with Crippen LogP contribution in [-0.2, 0) is 7.05 Å². The summed E-state index contributed by atoms with van der Waals surface area (Å²) in [5, 5.41) is 20.2. The quantitative estimate of drug-likeness (QED) is 0.293. The molecule has 2 aromatic heterocycles. The van der Waals surface area contributed by atoms with Gasteiger partial charge in [0.25, 0.3) is 5.56 Å². The van der Waals surface area contributed by atoms with Crippen molar-refractivity contribution in [1.29, 1.82) is 0 Å². The van der Waals surface area contributed by atoms with Crippen LogP contribution < -0.4 is 10.4 Å². The van der Waals surface area contributed by atoms with Crippen molar-refractivity contribution in [3.8, 4) is 28.4 Å². The van der Waals surface area contributed by atoms with Gasteiger partial charge in [-0.3, -0.25) is 14.0 Å². The molecule has 0 atom stereocenters. The lowest BCUT2D eigenvalue weighted by atomic mass is 10.1. The van der Waals surface area contributed by atoms with E-state index in [0.717, 1.165) is 28.2 Å². The molecule has 8 heteroatoms. The molecule has 0 fully saturated rings. The first-order valence-corrected chi connectivity index (χ1v) is 11.9. The third kappa shape index (κ3) is 4.27. The first-order valence-electron chi connectivity index (χ1n) is 11.0. The van der Waals surface area contributed by atoms with Crippen molar-refractivity contribution < 1.29 is 5.11 Å². The lowest BCUT2D eigenvalue weighted by molar-refractivity contribution is 0.475. The molecule has 35 heavy (non-hydrogen) atoms. The standard InChI is InChI=1S/C27H23N5O2S/c1-19-25(26(34)32(30(19)2)22-11-7-4-8-12-22)31-24(21-9-5-3-6-10-21)18-35-27(31)29-28-17-20-13-15-23(33)16-14-20/h3-18,33H,1-2H3/b28-17+,29-27?. The van der Waals surface area contributed by atoms with Crippen molar-refractivity contribution in [3.63, 3.8) is 0 Å². The van der Waals surface area contributed by atoms with E-state index in [4.69, 9.17) is 0 Å². The first-order chi connectivity index (χ1) is 17.0. The molecule has 0 aliphatic carbocycles. The number of phenols is 1. The van der Waals surface area contributed by atoms with E-state index < -0.39 is 0 Å². The molecule has 1 N–H and O–H groups in total. The Morgan fingerprint density at radius 3 is 2.26 bits per heavy atom. The Morgan fingerprint density at radius 1 is 0.914 bits per heavy atom. The number of nitrogens with zero attached hydrogens (tertiary/aromatic N) is 5. The average molecular weight is 482 g/mol. The molecule has 174 valence electrons. The first kappa shape index (κ1) is 22.4. The summed E-state index contributed by atoms with van der Waals surface area (Å²) in [6.45, 7) is 1.93. The Kier molecular flexibility index (Phi) is 6.03. The van der Waals surface area contributed by atoms with Crippen molar-refractivity contribution in [2.24, 2.45) is 17.3 Å². The van der Waals surface area contributed by atoms with Gasteiger partial charge in [-0.25, -0.2) is 4.68 Å². The van der Waals surface area contributed by atoms with Crippen LogP contribution in [0.15, 0.2) is 105 Å². The van der Waals surface area contributed by atoms with Crippen molar-refractivity contribution >= 4 is 17.6 Å². The maximum atomic E-state index is 13.8. The zero-order chi connectivity index (χ0) is 24.4. The van der Waals surface area contributed by atoms with E-state index >= 15 is 0 Å². The van der Waals surface area contributed by atoms with Gasteiger partial charge in [0.2, 0.25) is 4.80 Å². The minimum absolute atomic E-state index is 0.143. The normalized spacial score (nSPS) is 12.0. The zero-order valence-electron chi connectivity index (χ0n) is 19.2. The number of aromatic nitrogens is 3. The second-order valence-electron chi connectivity index (χ2n) is 7.95. The second-order valence-corrected chi connectivity index (χ2v) is 8.79. The number of thiazole rings is 1. The van der Waals surface area contributed by atoms with E-state index in [0.29, 0.717) is 10.5 Å². The maximum absolute atomic E-state index is 13.8. The number of hydrogen-bond donors (Lipinski definition) is 1. The number of phenolic OH excluding ortho intramolecular Hbond substituents is 1. The van der Waals surface area contributed by atoms with Crippen LogP contribution in [0.4, 0.5) is 0 Å². The number of rotatable bonds is 5. The van der Waals surface area contributed by atoms with Crippen LogP contribution in [0.25, 0.3) is 22.6 Å². The summed E-state index contributed by atoms with van der Waals surface area (Å²) in [6.07, 6.45) is 1.62. The number of aromatic hydroxyl groups is 1. The van der Waals surface area contributed by atoms with Gasteiger partial charge < -0.3 is 5.11 Å². The summed E-state index contributed by atoms with van der Waals surface area (Å²) in [5.74, 6) is 0.192. The van der Waals surface area contributed by atoms with Crippen LogP contribution in [0, 0.1) is 6.92 Å². The molecule has 0 radical (unpaired) electrons. The smallest absolute Gasteiger partial charge is 0.296 e. The second kappa shape index (κ2) is 9.44. The highest BCUT2D eigenvalue weighted by atomic mass is 32.1. The van der Waals surface area contributed by atoms with Crippen LogP contribution in [0.2, 0.25) is 0 Å². The number of para-hydroxylation sites is 1. The summed E-state index contributed by atoms with van der Waals surface area (Å²) in [4.78, 5) is 14.4. The summed E-state index contributed by atoms with van der Waals surface area (Å²) in [7, 11) is 1.88. The fourth-order valence-electron chi connectivity index (χ4n) is 3.92. The monoisotopic (exact) mass is 481 g/mol. The summed E-state index contributed by atoms with van der Waals surface area (Å²) >= 11 is 1.42. The summed E-state index contributed by atoms with van der Waals surface area (Å²) in [6, 6.07) is 26.2. The molecule has 0 unspecified atom stereocenters. The zero-order valence-corrected chi connectivity index (χ0v) is 20.1. The van der Waals surface area contributed by atoms with Gasteiger partial charge in [0.05, 0.1) is 23.3 Å². The Labute approximate surface area is 205 Å². The lowest BCUT2D eigenvalue weighted by Gasteiger charge is -2.08. The molecule has 0 bridgehead atoms. The van der Waals surface area contributed by atoms with Crippen LogP contribution >= 0.6 is 11.3 Å². The fourth-order valence-corrected chi connectivity index (χ4v) is 4.77. The van der Waals surface area contributed by atoms with Crippen LogP contribution in [0.5, 0.6) is 5.75 Å². The van der Waals surface area contributed by atoms with Gasteiger partial charge >= 0.3 is 0 Å². The predicted octanol–water partition coefficient (Wildman–Crippen LogP) is 4.64. The van der Waals surface area contributed by atoms with Gasteiger partial charge in [-0.2, -0.15) is 5.10 Å². The highest BCUT2D eigenvalue weighted by Crippen LogP contribution is 2.24. The van der Waals surface area contributed by atoms with Gasteiger partial charge in [-0.05, 0) is 54.4 Å². The third-order valence-corrected chi connectivity index (χ3v) is 6.58. The molecular formula is C27H23N5O2S. The molecule has 2 heterocycles. The van der Waals surface area contributed by atoms with E-state index in [9.17, 15) is 9.90 Å². The molecule has 0 amide bonds. The Morgan fingerprint density at radius 2 is 1.57 bits per heavy atom. The predicted molar refractivity (Wildman–Crippen MR) is 140 cm³/mol. The highest BCUT2D eigenvalue weighted by Gasteiger charge is 2.21. The minimum Gasteiger partial charge on any atom is -0.508 e. The van der Waals surface area contributed by atoms with Gasteiger partial charge in [-0.15, -0.1) is 16.4 Å². The molecule has 0 saturated heterocycles. The topological polar surface area (TPSA) is 76.8 Å². The van der Waals surface area contributed by atoms with E-state index in [-0.39, 0.29) is 11.3 Å². The SMILES string of the molecule is Cc1c(-n2c(-c3ccccc3)csc2=N/N=C/c2ccc(O)cc2)c(=O)n(-c2ccccc2)n1C. The van der Waals surface area contributed by atoms with Crippen LogP contribution in [0.1, 0.15) is 11.3 Å². The minimum atomic E-state index is -0.143. The average Bonchev–Trinajstić information content (AvgIpc) is 3.39. The van der Waals surface area contributed by atoms with E-state index in [2.05, 4.69) is 10.2 Å². The van der Waals surface area contributed by atoms with Crippen molar-refractivity contribution in [2.45, 2.75) is 6.92 Å². The van der Waals surface area contributed by atoms with Crippen LogP contribution in [0.3, 0.4) is 0 Å². The Balaban J connectivity index is 1.72. The van der Waals surface area contributed by atoms with E-state index in [1.165, 1.54) is 11.3 Å². The van der Waals surface area contributed by atoms with Gasteiger partial charge in [0.15, 0.2) is 0 Å². The van der Waals surface area contributed by atoms with Gasteiger partial charge in [-0.1, -0.05) is 48.5 Å². The molecule has 7 nitrogen and oxygen atoms in total. The van der Waals surface area contributed by atoms with E-state index in [1.54, 1.807) is 35.2 Å². The molecule has 0 spiro atoms. The molecule has 5 aromatic rings. The molecule has 5 rings (SSSR count). The summed E-state index contributed by atoms with van der Waals surface area (Å²) < 4.78 is 5.40. The van der Waals surface area contributed by atoms with Crippen molar-refractivity contribution in [1.82, 2.24) is 13.9 Å². The Bertz CT molecular complexity index is 1620. The molecule has 0 saturated carbocycles. The molecular weight excluding hydrogens is 458 g/mol. The molecule has 0 aliphatic heterocycles. The highest BCUT2D eigenvalue weighted by molar-refractivity contribution is 7.07. The summed E-state index contributed by atoms with van der Waals surface area (Å²) in [5.41, 5.74) is 4.61. The van der Waals surface area contributed by atoms with E-state index in [1.807, 2.05) is 89.3 Å². The lowest BCUT2D eigenvalue weighted by Crippen LogP contribution is -2.24.